The van der Waals surface area contributed by atoms with Gasteiger partial charge in [0.25, 0.3) is 5.56 Å². The smallest absolute Gasteiger partial charge is 0.394 e. The van der Waals surface area contributed by atoms with Crippen LogP contribution in [0.1, 0.15) is 6.23 Å². The zero-order chi connectivity index (χ0) is 33.4. The number of nitrogens with one attached hydrogen (secondary N) is 1. The lowest BCUT2D eigenvalue weighted by molar-refractivity contribution is -0.268. The number of hydrogen-bond acceptors (Lipinski definition) is 18. The van der Waals surface area contributed by atoms with E-state index in [4.69, 9.17) is 9.84 Å². The molecule has 10 N–H and O–H groups in total. The van der Waals surface area contributed by atoms with Crippen LogP contribution in [0.15, 0.2) is 21.9 Å². The van der Waals surface area contributed by atoms with Crippen LogP contribution in [0.4, 0.5) is 4.39 Å². The Hall–Kier alpha value is -1.11. The predicted octanol–water partition coefficient (Wildman–Crippen LogP) is -3.58. The molecule has 44 heavy (non-hydrogen) atoms. The summed E-state index contributed by atoms with van der Waals surface area (Å²) in [5.41, 5.74) is -1.90. The van der Waals surface area contributed by atoms with Gasteiger partial charge in [-0.2, -0.15) is 12.9 Å². The lowest BCUT2D eigenvalue weighted by Gasteiger charge is -2.38. The zero-order valence-corrected chi connectivity index (χ0v) is 24.8. The van der Waals surface area contributed by atoms with Gasteiger partial charge in [-0.3, -0.25) is 23.4 Å². The SMILES string of the molecule is O=c1ccn([C@@H]2O[C@H](COP(=O)(O)OP(=O)(O)OP(=O)(O)OP(=O)(O)O[C@H]3O[C@H](CO)[C@@H](O)[C@H](F)[C@H]3O)[C@@H](O)[C@H]2O)c(=O)[nH]1. The van der Waals surface area contributed by atoms with Gasteiger partial charge in [0.15, 0.2) is 18.7 Å². The highest BCUT2D eigenvalue weighted by Gasteiger charge is 2.51. The Labute approximate surface area is 242 Å². The Balaban J connectivity index is 1.59. The number of aliphatic hydroxyl groups excluding tert-OH is 5. The molecule has 0 aliphatic carbocycles. The maximum absolute atomic E-state index is 14.0. The van der Waals surface area contributed by atoms with Gasteiger partial charge in [0.2, 0.25) is 0 Å². The van der Waals surface area contributed by atoms with Crippen molar-refractivity contribution in [1.29, 1.82) is 0 Å². The molecule has 1 aromatic heterocycles. The fraction of sp³-hybridized carbons (Fsp3) is 0.733. The largest absolute Gasteiger partial charge is 0.490 e. The Morgan fingerprint density at radius 3 is 1.95 bits per heavy atom. The van der Waals surface area contributed by atoms with Crippen LogP contribution in [0.5, 0.6) is 0 Å². The number of H-pyrrole nitrogens is 1. The summed E-state index contributed by atoms with van der Waals surface area (Å²) in [4.78, 5) is 63.6. The van der Waals surface area contributed by atoms with Gasteiger partial charge >= 0.3 is 37.0 Å². The van der Waals surface area contributed by atoms with E-state index in [-0.39, 0.29) is 0 Å². The number of rotatable bonds is 13. The second-order valence-electron chi connectivity index (χ2n) is 8.74. The summed E-state index contributed by atoms with van der Waals surface area (Å²) in [5, 5.41) is 48.5. The van der Waals surface area contributed by atoms with Crippen LogP contribution >= 0.6 is 31.3 Å². The summed E-state index contributed by atoms with van der Waals surface area (Å²) >= 11 is 0. The third-order valence-electron chi connectivity index (χ3n) is 5.52. The van der Waals surface area contributed by atoms with Crippen molar-refractivity contribution in [2.75, 3.05) is 13.2 Å². The summed E-state index contributed by atoms with van der Waals surface area (Å²) in [6.07, 6.45) is -18.0. The quantitative estimate of drug-likeness (QED) is 0.0878. The normalized spacial score (nSPS) is 36.5. The average Bonchev–Trinajstić information content (AvgIpc) is 3.14. The van der Waals surface area contributed by atoms with Gasteiger partial charge in [0, 0.05) is 12.3 Å². The molecule has 2 aliphatic heterocycles. The summed E-state index contributed by atoms with van der Waals surface area (Å²) in [6.45, 7) is -2.32. The van der Waals surface area contributed by atoms with Crippen molar-refractivity contribution in [2.45, 2.75) is 55.3 Å². The minimum Gasteiger partial charge on any atom is -0.394 e. The van der Waals surface area contributed by atoms with E-state index >= 15 is 0 Å². The molecule has 0 amide bonds. The molecule has 0 saturated carbocycles. The molecule has 29 heteroatoms. The summed E-state index contributed by atoms with van der Waals surface area (Å²) in [5.74, 6) is 0. The van der Waals surface area contributed by atoms with Crippen LogP contribution in [-0.2, 0) is 49.7 Å². The van der Waals surface area contributed by atoms with Gasteiger partial charge in [-0.25, -0.2) is 27.4 Å². The maximum atomic E-state index is 14.0. The first-order chi connectivity index (χ1) is 20.1. The number of ether oxygens (including phenoxy) is 2. The van der Waals surface area contributed by atoms with E-state index in [1.165, 1.54) is 0 Å². The van der Waals surface area contributed by atoms with E-state index in [0.717, 1.165) is 12.3 Å². The van der Waals surface area contributed by atoms with Gasteiger partial charge in [0.05, 0.1) is 13.2 Å². The number of phosphoric acid groups is 4. The van der Waals surface area contributed by atoms with E-state index in [1.807, 2.05) is 4.98 Å². The molecule has 13 atom stereocenters. The lowest BCUT2D eigenvalue weighted by Crippen LogP contribution is -2.57. The van der Waals surface area contributed by atoms with Crippen LogP contribution in [-0.4, -0.2) is 117 Å². The third-order valence-corrected chi connectivity index (χ3v) is 11.4. The highest BCUT2D eigenvalue weighted by atomic mass is 31.3. The van der Waals surface area contributed by atoms with Crippen molar-refractivity contribution in [3.8, 4) is 0 Å². The second kappa shape index (κ2) is 13.9. The Morgan fingerprint density at radius 1 is 0.818 bits per heavy atom. The van der Waals surface area contributed by atoms with E-state index < -0.39 is 111 Å². The molecule has 254 valence electrons. The molecule has 2 aliphatic rings. The Bertz CT molecular complexity index is 1490. The molecule has 0 bridgehead atoms. The maximum Gasteiger partial charge on any atom is 0.490 e. The second-order valence-corrected chi connectivity index (χ2v) is 14.9. The molecule has 0 spiro atoms. The summed E-state index contributed by atoms with van der Waals surface area (Å²) in [7, 11) is -24.5. The number of halogens is 1. The van der Waals surface area contributed by atoms with Crippen molar-refractivity contribution >= 4 is 31.3 Å². The topological polar surface area (TPSA) is 370 Å². The number of hydrogen-bond donors (Lipinski definition) is 10. The molecule has 2 fully saturated rings. The van der Waals surface area contributed by atoms with Gasteiger partial charge < -0.3 is 54.6 Å². The van der Waals surface area contributed by atoms with Crippen molar-refractivity contribution in [3.05, 3.63) is 33.1 Å². The van der Waals surface area contributed by atoms with Crippen LogP contribution in [0.25, 0.3) is 0 Å². The molecule has 2 saturated heterocycles. The fourth-order valence-electron chi connectivity index (χ4n) is 3.62. The Morgan fingerprint density at radius 2 is 1.39 bits per heavy atom. The number of aliphatic hydroxyl groups is 5. The number of phosphoric ester groups is 2. The van der Waals surface area contributed by atoms with Gasteiger partial charge in [-0.05, 0) is 0 Å². The standard InChI is InChI=1S/C15H25FN2O22P4/c16-8-9(21)5(3-19)36-14(11(8)23)37-42(28,29)39-44(32,33)40-43(30,31)38-41(26,27)34-4-6-10(22)12(24)13(35-6)18-2-1-7(20)17-15(18)25/h1-2,5-6,8-14,19,21-24H,3-4H2,(H,26,27)(H,28,29)(H,30,31)(H,32,33)(H,17,20,25)/t5-,6-,8+,9-,10-,11-,12-,13-,14-/m1/s1. The minimum atomic E-state index is -6.32. The van der Waals surface area contributed by atoms with Crippen LogP contribution in [0, 0.1) is 0 Å². The van der Waals surface area contributed by atoms with E-state index in [0.29, 0.717) is 4.57 Å². The molecule has 0 radical (unpaired) electrons. The highest BCUT2D eigenvalue weighted by molar-refractivity contribution is 7.69. The molecule has 0 aromatic carbocycles. The summed E-state index contributed by atoms with van der Waals surface area (Å²) in [6, 6.07) is 0.859. The number of aromatic nitrogens is 2. The fourth-order valence-corrected chi connectivity index (χ4v) is 8.64. The van der Waals surface area contributed by atoms with Crippen molar-refractivity contribution in [2.24, 2.45) is 0 Å². The third kappa shape index (κ3) is 9.47. The van der Waals surface area contributed by atoms with Crippen molar-refractivity contribution in [3.63, 3.8) is 0 Å². The van der Waals surface area contributed by atoms with Crippen molar-refractivity contribution < 1.29 is 99.2 Å². The number of nitrogens with zero attached hydrogens (tertiary/aromatic N) is 1. The highest BCUT2D eigenvalue weighted by Crippen LogP contribution is 2.71. The van der Waals surface area contributed by atoms with Crippen molar-refractivity contribution in [1.82, 2.24) is 9.55 Å². The zero-order valence-electron chi connectivity index (χ0n) is 21.2. The molecular formula is C15H25FN2O22P4. The van der Waals surface area contributed by atoms with Crippen LogP contribution in [0.3, 0.4) is 0 Å². The molecule has 4 unspecified atom stereocenters. The van der Waals surface area contributed by atoms with E-state index in [1.54, 1.807) is 0 Å². The molecule has 1 aromatic rings. The first kappa shape index (κ1) is 37.3. The summed E-state index contributed by atoms with van der Waals surface area (Å²) < 4.78 is 92.3. The molecule has 3 rings (SSSR count). The minimum absolute atomic E-state index is 0.633. The van der Waals surface area contributed by atoms with Gasteiger partial charge in [-0.1, -0.05) is 0 Å². The van der Waals surface area contributed by atoms with Gasteiger partial charge in [-0.15, -0.1) is 0 Å². The first-order valence-electron chi connectivity index (χ1n) is 11.4. The predicted molar refractivity (Wildman–Crippen MR) is 129 cm³/mol. The van der Waals surface area contributed by atoms with Crippen LogP contribution < -0.4 is 11.2 Å². The number of aromatic amines is 1. The molecule has 3 heterocycles. The molecular weight excluding hydrogens is 703 g/mol. The van der Waals surface area contributed by atoms with Gasteiger partial charge in [0.1, 0.15) is 36.6 Å². The monoisotopic (exact) mass is 728 g/mol. The Kier molecular flexibility index (Phi) is 11.8. The van der Waals surface area contributed by atoms with E-state index in [9.17, 15) is 72.2 Å². The van der Waals surface area contributed by atoms with Crippen LogP contribution in [0.2, 0.25) is 0 Å². The number of alkyl halides is 1. The first-order valence-corrected chi connectivity index (χ1v) is 17.4. The molecule has 24 nitrogen and oxygen atoms in total. The average molecular weight is 728 g/mol. The van der Waals surface area contributed by atoms with E-state index in [2.05, 4.69) is 26.7 Å². The lowest BCUT2D eigenvalue weighted by atomic mass is 10.0.